The van der Waals surface area contributed by atoms with Gasteiger partial charge < -0.3 is 5.32 Å². The van der Waals surface area contributed by atoms with Crippen LogP contribution in [0.1, 0.15) is 42.2 Å². The largest absolute Gasteiger partial charge is 0.352 e. The molecule has 0 aromatic heterocycles. The lowest BCUT2D eigenvalue weighted by molar-refractivity contribution is -0.123. The summed E-state index contributed by atoms with van der Waals surface area (Å²) in [5, 5.41) is 3.29. The summed E-state index contributed by atoms with van der Waals surface area (Å²) >= 11 is 3.62. The van der Waals surface area contributed by atoms with Crippen molar-refractivity contribution in [3.63, 3.8) is 0 Å². The van der Waals surface area contributed by atoms with Crippen molar-refractivity contribution in [2.24, 2.45) is 5.92 Å². The molecule has 0 saturated heterocycles. The Morgan fingerprint density at radius 1 is 1.04 bits per heavy atom. The van der Waals surface area contributed by atoms with E-state index in [0.29, 0.717) is 11.8 Å². The van der Waals surface area contributed by atoms with Crippen molar-refractivity contribution in [3.8, 4) is 0 Å². The average molecular weight is 370 g/mol. The summed E-state index contributed by atoms with van der Waals surface area (Å²) in [5.74, 6) is 1.21. The van der Waals surface area contributed by atoms with Gasteiger partial charge in [-0.25, -0.2) is 0 Å². The topological polar surface area (TPSA) is 29.1 Å². The minimum absolute atomic E-state index is 0.0247. The molecule has 0 spiro atoms. The normalized spacial score (nSPS) is 24.0. The van der Waals surface area contributed by atoms with E-state index in [1.165, 1.54) is 18.4 Å². The first kappa shape index (κ1) is 14.9. The lowest BCUT2D eigenvalue weighted by Gasteiger charge is -2.17. The molecule has 118 valence electrons. The van der Waals surface area contributed by atoms with Gasteiger partial charge in [-0.05, 0) is 42.4 Å². The predicted octanol–water partition coefficient (Wildman–Crippen LogP) is 4.62. The standard InChI is InChI=1S/C20H20BrNO/c21-17-9-5-4-8-15(17)16-12-18(16)22-20(23)19(14-10-11-14)13-6-2-1-3-7-13/h1-9,14,16,18-19H,10-12H2,(H,22,23)/t16-,18+,19+/m0/s1. The third kappa shape index (κ3) is 3.20. The molecule has 2 aliphatic carbocycles. The first-order valence-corrected chi connectivity index (χ1v) is 9.13. The Morgan fingerprint density at radius 2 is 1.74 bits per heavy atom. The third-order valence-electron chi connectivity index (χ3n) is 4.96. The van der Waals surface area contributed by atoms with E-state index >= 15 is 0 Å². The fraction of sp³-hybridized carbons (Fsp3) is 0.350. The van der Waals surface area contributed by atoms with Crippen LogP contribution >= 0.6 is 15.9 Å². The van der Waals surface area contributed by atoms with Crippen LogP contribution in [-0.4, -0.2) is 11.9 Å². The second-order valence-electron chi connectivity index (χ2n) is 6.70. The van der Waals surface area contributed by atoms with Gasteiger partial charge in [0.1, 0.15) is 0 Å². The van der Waals surface area contributed by atoms with E-state index in [1.807, 2.05) is 24.3 Å². The molecule has 1 N–H and O–H groups in total. The summed E-state index contributed by atoms with van der Waals surface area (Å²) in [6, 6.07) is 18.8. The maximum absolute atomic E-state index is 12.8. The van der Waals surface area contributed by atoms with Gasteiger partial charge in [-0.2, -0.15) is 0 Å². The molecule has 1 amide bonds. The lowest BCUT2D eigenvalue weighted by atomic mass is 9.93. The zero-order valence-electron chi connectivity index (χ0n) is 12.9. The third-order valence-corrected chi connectivity index (χ3v) is 5.68. The van der Waals surface area contributed by atoms with Crippen LogP contribution in [0.4, 0.5) is 0 Å². The molecule has 2 saturated carbocycles. The van der Waals surface area contributed by atoms with Gasteiger partial charge in [0, 0.05) is 16.4 Å². The van der Waals surface area contributed by atoms with Crippen molar-refractivity contribution in [3.05, 3.63) is 70.2 Å². The van der Waals surface area contributed by atoms with Crippen LogP contribution in [0.25, 0.3) is 0 Å². The molecule has 3 atom stereocenters. The Balaban J connectivity index is 1.45. The molecule has 23 heavy (non-hydrogen) atoms. The summed E-state index contributed by atoms with van der Waals surface area (Å²) < 4.78 is 1.14. The SMILES string of the molecule is O=C(N[C@@H]1C[C@H]1c1ccccc1Br)[C@H](c1ccccc1)C1CC1. The molecule has 0 radical (unpaired) electrons. The van der Waals surface area contributed by atoms with Crippen LogP contribution in [0.3, 0.4) is 0 Å². The van der Waals surface area contributed by atoms with Crippen molar-refractivity contribution in [2.45, 2.75) is 37.1 Å². The van der Waals surface area contributed by atoms with Crippen molar-refractivity contribution >= 4 is 21.8 Å². The predicted molar refractivity (Wildman–Crippen MR) is 95.3 cm³/mol. The number of hydrogen-bond donors (Lipinski definition) is 1. The molecular formula is C20H20BrNO. The van der Waals surface area contributed by atoms with Gasteiger partial charge in [-0.15, -0.1) is 0 Å². The van der Waals surface area contributed by atoms with Gasteiger partial charge in [0.2, 0.25) is 5.91 Å². The molecule has 3 heteroatoms. The number of carbonyl (C=O) groups excluding carboxylic acids is 1. The molecule has 2 aromatic rings. The monoisotopic (exact) mass is 369 g/mol. The maximum Gasteiger partial charge on any atom is 0.228 e. The summed E-state index contributed by atoms with van der Waals surface area (Å²) in [5.41, 5.74) is 2.46. The molecule has 2 nitrogen and oxygen atoms in total. The second-order valence-corrected chi connectivity index (χ2v) is 7.56. The van der Waals surface area contributed by atoms with Gasteiger partial charge >= 0.3 is 0 Å². The minimum atomic E-state index is 0.0247. The van der Waals surface area contributed by atoms with Crippen LogP contribution in [0, 0.1) is 5.92 Å². The quantitative estimate of drug-likeness (QED) is 0.818. The van der Waals surface area contributed by atoms with E-state index in [4.69, 9.17) is 0 Å². The molecule has 2 aliphatic rings. The molecule has 2 fully saturated rings. The van der Waals surface area contributed by atoms with Gasteiger partial charge in [0.15, 0.2) is 0 Å². The molecule has 0 heterocycles. The van der Waals surface area contributed by atoms with Crippen molar-refractivity contribution in [2.75, 3.05) is 0 Å². The zero-order valence-corrected chi connectivity index (χ0v) is 14.5. The molecular weight excluding hydrogens is 350 g/mol. The Morgan fingerprint density at radius 3 is 2.43 bits per heavy atom. The Kier molecular flexibility index (Phi) is 3.98. The van der Waals surface area contributed by atoms with Gasteiger partial charge in [-0.3, -0.25) is 4.79 Å². The summed E-state index contributed by atoms with van der Waals surface area (Å²) in [4.78, 5) is 12.8. The number of rotatable bonds is 5. The Bertz CT molecular complexity index is 711. The highest BCUT2D eigenvalue weighted by Gasteiger charge is 2.44. The van der Waals surface area contributed by atoms with Crippen molar-refractivity contribution in [1.29, 1.82) is 0 Å². The van der Waals surface area contributed by atoms with Gasteiger partial charge in [-0.1, -0.05) is 64.5 Å². The number of amides is 1. The van der Waals surface area contributed by atoms with Crippen molar-refractivity contribution < 1.29 is 4.79 Å². The number of halogens is 1. The smallest absolute Gasteiger partial charge is 0.228 e. The van der Waals surface area contributed by atoms with Gasteiger partial charge in [0.25, 0.3) is 0 Å². The molecule has 2 aromatic carbocycles. The zero-order chi connectivity index (χ0) is 15.8. The molecule has 0 aliphatic heterocycles. The number of benzene rings is 2. The summed E-state index contributed by atoms with van der Waals surface area (Å²) in [6.07, 6.45) is 3.39. The van der Waals surface area contributed by atoms with E-state index < -0.39 is 0 Å². The first-order valence-electron chi connectivity index (χ1n) is 8.34. The Labute approximate surface area is 145 Å². The molecule has 0 bridgehead atoms. The lowest BCUT2D eigenvalue weighted by Crippen LogP contribution is -2.32. The summed E-state index contributed by atoms with van der Waals surface area (Å²) in [7, 11) is 0. The number of hydrogen-bond acceptors (Lipinski definition) is 1. The first-order chi connectivity index (χ1) is 11.2. The fourth-order valence-electron chi connectivity index (χ4n) is 3.47. The average Bonchev–Trinajstić information content (AvgIpc) is 3.46. The molecule has 0 unspecified atom stereocenters. The maximum atomic E-state index is 12.8. The fourth-order valence-corrected chi connectivity index (χ4v) is 4.05. The number of nitrogens with one attached hydrogen (secondary N) is 1. The minimum Gasteiger partial charge on any atom is -0.352 e. The van der Waals surface area contributed by atoms with Crippen molar-refractivity contribution in [1.82, 2.24) is 5.32 Å². The Hall–Kier alpha value is -1.61. The second kappa shape index (κ2) is 6.12. The van der Waals surface area contributed by atoms with E-state index in [2.05, 4.69) is 51.6 Å². The highest BCUT2D eigenvalue weighted by Crippen LogP contribution is 2.46. The van der Waals surface area contributed by atoms with E-state index in [0.717, 1.165) is 16.5 Å². The molecule has 4 rings (SSSR count). The number of carbonyl (C=O) groups is 1. The highest BCUT2D eigenvalue weighted by molar-refractivity contribution is 9.10. The van der Waals surface area contributed by atoms with E-state index in [9.17, 15) is 4.79 Å². The van der Waals surface area contributed by atoms with E-state index in [1.54, 1.807) is 0 Å². The van der Waals surface area contributed by atoms with Crippen LogP contribution < -0.4 is 5.32 Å². The van der Waals surface area contributed by atoms with Crippen LogP contribution in [-0.2, 0) is 4.79 Å². The van der Waals surface area contributed by atoms with Crippen LogP contribution in [0.5, 0.6) is 0 Å². The van der Waals surface area contributed by atoms with Crippen LogP contribution in [0.15, 0.2) is 59.1 Å². The van der Waals surface area contributed by atoms with E-state index in [-0.39, 0.29) is 17.9 Å². The van der Waals surface area contributed by atoms with Gasteiger partial charge in [0.05, 0.1) is 5.92 Å². The summed E-state index contributed by atoms with van der Waals surface area (Å²) in [6.45, 7) is 0. The van der Waals surface area contributed by atoms with Crippen LogP contribution in [0.2, 0.25) is 0 Å². The highest BCUT2D eigenvalue weighted by atomic mass is 79.9.